The van der Waals surface area contributed by atoms with E-state index < -0.39 is 46.9 Å². The molecule has 13 heteroatoms. The van der Waals surface area contributed by atoms with E-state index in [1.165, 1.54) is 6.92 Å². The fraction of sp³-hybridized carbons (Fsp3) is 0.444. The number of nitrogen functional groups attached to an aromatic ring is 1. The molecule has 0 unspecified atom stereocenters. The Morgan fingerprint density at radius 2 is 1.81 bits per heavy atom. The van der Waals surface area contributed by atoms with Gasteiger partial charge < -0.3 is 19.9 Å². The van der Waals surface area contributed by atoms with Gasteiger partial charge in [-0.05, 0) is 12.5 Å². The van der Waals surface area contributed by atoms with Crippen molar-refractivity contribution in [3.05, 3.63) is 32.2 Å². The molecule has 1 aliphatic heterocycles. The molecule has 0 aliphatic carbocycles. The van der Waals surface area contributed by atoms with Gasteiger partial charge in [-0.1, -0.05) is 17.9 Å². The standard InChI is InChI=1S/C18H20N4O8S/c1-6(7(2)23)5-10-11(28-8(3)24)12(29-9(4)25)16(30-10)22-14-13(31-18(22)27)15(26)21-17(19)20-14/h10-12,16H,1,5H2,2-4H3,(H3,19,20,21,26)/t10-,11+,12-,16-/m1/s1. The number of fused-ring (bicyclic) bond motifs is 1. The van der Waals surface area contributed by atoms with Crippen LogP contribution in [0.3, 0.4) is 0 Å². The molecule has 3 rings (SSSR count). The maximum absolute atomic E-state index is 12.7. The Balaban J connectivity index is 2.15. The minimum absolute atomic E-state index is 0.00925. The van der Waals surface area contributed by atoms with Gasteiger partial charge >= 0.3 is 16.8 Å². The van der Waals surface area contributed by atoms with Crippen molar-refractivity contribution in [2.45, 2.75) is 51.7 Å². The summed E-state index contributed by atoms with van der Waals surface area (Å²) in [5.41, 5.74) is 5.10. The number of Topliss-reactive ketones (excluding diaryl/α,β-unsaturated/α-hetero) is 1. The summed E-state index contributed by atoms with van der Waals surface area (Å²) in [6.45, 7) is 7.29. The predicted octanol–water partition coefficient (Wildman–Crippen LogP) is 0.0246. The van der Waals surface area contributed by atoms with Crippen molar-refractivity contribution in [1.29, 1.82) is 0 Å². The maximum Gasteiger partial charge on any atom is 0.311 e. The van der Waals surface area contributed by atoms with Crippen molar-refractivity contribution in [3.8, 4) is 0 Å². The summed E-state index contributed by atoms with van der Waals surface area (Å²) in [6.07, 6.45) is -4.72. The number of esters is 2. The average molecular weight is 452 g/mol. The summed E-state index contributed by atoms with van der Waals surface area (Å²) >= 11 is 0.603. The number of rotatable bonds is 6. The fourth-order valence-corrected chi connectivity index (χ4v) is 4.13. The van der Waals surface area contributed by atoms with Gasteiger partial charge in [0, 0.05) is 20.3 Å². The number of hydrogen-bond acceptors (Lipinski definition) is 11. The van der Waals surface area contributed by atoms with Gasteiger partial charge in [-0.15, -0.1) is 0 Å². The van der Waals surface area contributed by atoms with Crippen molar-refractivity contribution in [1.82, 2.24) is 14.5 Å². The molecule has 2 aromatic heterocycles. The highest BCUT2D eigenvalue weighted by Crippen LogP contribution is 2.37. The van der Waals surface area contributed by atoms with E-state index in [-0.39, 0.29) is 34.1 Å². The van der Waals surface area contributed by atoms with Crippen LogP contribution >= 0.6 is 11.3 Å². The molecule has 2 aromatic rings. The van der Waals surface area contributed by atoms with Gasteiger partial charge in [0.15, 0.2) is 29.9 Å². The second-order valence-electron chi connectivity index (χ2n) is 6.92. The molecule has 4 atom stereocenters. The first kappa shape index (κ1) is 22.4. The Labute approximate surface area is 178 Å². The third kappa shape index (κ3) is 4.41. The van der Waals surface area contributed by atoms with Gasteiger partial charge in [0.25, 0.3) is 5.56 Å². The fourth-order valence-electron chi connectivity index (χ4n) is 3.29. The molecule has 1 saturated heterocycles. The van der Waals surface area contributed by atoms with Crippen LogP contribution in [-0.4, -0.2) is 50.6 Å². The van der Waals surface area contributed by atoms with E-state index in [0.29, 0.717) is 11.3 Å². The maximum atomic E-state index is 12.7. The molecular formula is C18H20N4O8S. The Morgan fingerprint density at radius 1 is 1.19 bits per heavy atom. The average Bonchev–Trinajstić information content (AvgIpc) is 3.12. The summed E-state index contributed by atoms with van der Waals surface area (Å²) in [6, 6.07) is 0. The number of nitrogens with zero attached hydrogens (tertiary/aromatic N) is 2. The van der Waals surface area contributed by atoms with Crippen LogP contribution < -0.4 is 16.2 Å². The SMILES string of the molecule is C=C(C[C@H]1O[C@@H](n2c(=O)sc3c(=O)[nH]c(N)nc32)[C@H](OC(C)=O)[C@H]1OC(C)=O)C(C)=O. The van der Waals surface area contributed by atoms with E-state index in [2.05, 4.69) is 16.5 Å². The summed E-state index contributed by atoms with van der Waals surface area (Å²) in [5.74, 6) is -1.95. The van der Waals surface area contributed by atoms with Crippen LogP contribution in [-0.2, 0) is 28.6 Å². The number of aromatic amines is 1. The molecule has 0 spiro atoms. The van der Waals surface area contributed by atoms with Gasteiger partial charge in [-0.3, -0.25) is 33.5 Å². The molecule has 0 radical (unpaired) electrons. The van der Waals surface area contributed by atoms with Crippen LogP contribution in [0.2, 0.25) is 0 Å². The predicted molar refractivity (Wildman–Crippen MR) is 108 cm³/mol. The largest absolute Gasteiger partial charge is 0.456 e. The van der Waals surface area contributed by atoms with E-state index in [4.69, 9.17) is 19.9 Å². The molecule has 31 heavy (non-hydrogen) atoms. The number of carbonyl (C=O) groups excluding carboxylic acids is 3. The summed E-state index contributed by atoms with van der Waals surface area (Å²) < 4.78 is 17.6. The smallest absolute Gasteiger partial charge is 0.311 e. The van der Waals surface area contributed by atoms with Crippen LogP contribution in [0.25, 0.3) is 10.3 Å². The molecule has 0 aromatic carbocycles. The number of H-pyrrole nitrogens is 1. The van der Waals surface area contributed by atoms with Gasteiger partial charge in [-0.25, -0.2) is 0 Å². The van der Waals surface area contributed by atoms with Gasteiger partial charge in [-0.2, -0.15) is 4.98 Å². The number of ether oxygens (including phenoxy) is 3. The zero-order valence-electron chi connectivity index (χ0n) is 16.9. The number of carbonyl (C=O) groups is 3. The number of thiazole rings is 1. The number of anilines is 1. The van der Waals surface area contributed by atoms with Crippen molar-refractivity contribution < 1.29 is 28.6 Å². The highest BCUT2D eigenvalue weighted by molar-refractivity contribution is 7.16. The first-order chi connectivity index (χ1) is 14.5. The van der Waals surface area contributed by atoms with Crippen LogP contribution in [0.4, 0.5) is 5.95 Å². The Morgan fingerprint density at radius 3 is 2.39 bits per heavy atom. The highest BCUT2D eigenvalue weighted by atomic mass is 32.1. The quantitative estimate of drug-likeness (QED) is 0.449. The summed E-state index contributed by atoms with van der Waals surface area (Å²) in [7, 11) is 0. The Hall–Kier alpha value is -3.32. The van der Waals surface area contributed by atoms with Crippen LogP contribution in [0.5, 0.6) is 0 Å². The van der Waals surface area contributed by atoms with Crippen molar-refractivity contribution in [2.75, 3.05) is 5.73 Å². The van der Waals surface area contributed by atoms with Crippen LogP contribution in [0, 0.1) is 0 Å². The third-order valence-corrected chi connectivity index (χ3v) is 5.52. The van der Waals surface area contributed by atoms with Crippen LogP contribution in [0.15, 0.2) is 21.7 Å². The topological polar surface area (TPSA) is 173 Å². The van der Waals surface area contributed by atoms with E-state index in [9.17, 15) is 24.0 Å². The molecule has 166 valence electrons. The van der Waals surface area contributed by atoms with E-state index in [1.54, 1.807) is 0 Å². The van der Waals surface area contributed by atoms with E-state index in [1.807, 2.05) is 0 Å². The van der Waals surface area contributed by atoms with E-state index >= 15 is 0 Å². The van der Waals surface area contributed by atoms with Gasteiger partial charge in [0.05, 0.1) is 0 Å². The van der Waals surface area contributed by atoms with Gasteiger partial charge in [0.2, 0.25) is 5.95 Å². The molecule has 3 N–H and O–H groups in total. The molecule has 0 amide bonds. The van der Waals surface area contributed by atoms with Crippen molar-refractivity contribution in [2.24, 2.45) is 0 Å². The van der Waals surface area contributed by atoms with Crippen molar-refractivity contribution in [3.63, 3.8) is 0 Å². The lowest BCUT2D eigenvalue weighted by Crippen LogP contribution is -2.40. The Kier molecular flexibility index (Phi) is 6.08. The molecular weight excluding hydrogens is 432 g/mol. The molecule has 0 bridgehead atoms. The van der Waals surface area contributed by atoms with E-state index in [0.717, 1.165) is 18.4 Å². The second kappa shape index (κ2) is 8.43. The summed E-state index contributed by atoms with van der Waals surface area (Å²) in [4.78, 5) is 65.7. The zero-order chi connectivity index (χ0) is 23.0. The number of nitrogens with one attached hydrogen (secondary N) is 1. The van der Waals surface area contributed by atoms with Crippen LogP contribution in [0.1, 0.15) is 33.4 Å². The molecule has 1 fully saturated rings. The lowest BCUT2D eigenvalue weighted by Gasteiger charge is -2.23. The first-order valence-electron chi connectivity index (χ1n) is 9.09. The normalized spacial score (nSPS) is 22.9. The molecule has 12 nitrogen and oxygen atoms in total. The lowest BCUT2D eigenvalue weighted by atomic mass is 10.0. The number of nitrogens with two attached hydrogens (primary N) is 1. The number of hydrogen-bond donors (Lipinski definition) is 2. The van der Waals surface area contributed by atoms with Crippen molar-refractivity contribution >= 4 is 45.4 Å². The van der Waals surface area contributed by atoms with Gasteiger partial charge in [0.1, 0.15) is 10.8 Å². The Bertz CT molecular complexity index is 1200. The zero-order valence-corrected chi connectivity index (χ0v) is 17.7. The highest BCUT2D eigenvalue weighted by Gasteiger charge is 2.51. The monoisotopic (exact) mass is 452 g/mol. The lowest BCUT2D eigenvalue weighted by molar-refractivity contribution is -0.165. The summed E-state index contributed by atoms with van der Waals surface area (Å²) in [5, 5.41) is 0. The third-order valence-electron chi connectivity index (χ3n) is 4.58. The molecule has 1 aliphatic rings. The minimum Gasteiger partial charge on any atom is -0.456 e. The molecule has 3 heterocycles. The number of ketones is 1. The molecule has 0 saturated carbocycles. The first-order valence-corrected chi connectivity index (χ1v) is 9.90. The number of aromatic nitrogens is 3. The second-order valence-corrected chi connectivity index (χ2v) is 7.88. The minimum atomic E-state index is -1.30.